The molecule has 66 valence electrons. The van der Waals surface area contributed by atoms with Crippen molar-refractivity contribution < 1.29 is 61.0 Å². The second kappa shape index (κ2) is 5.60. The average molecular weight is 249 g/mol. The van der Waals surface area contributed by atoms with Crippen LogP contribution in [-0.4, -0.2) is 11.1 Å². The molecule has 0 aromatic carbocycles. The van der Waals surface area contributed by atoms with Gasteiger partial charge in [-0.3, -0.25) is 0 Å². The maximum Gasteiger partial charge on any atom is 1.00 e. The van der Waals surface area contributed by atoms with Crippen LogP contribution < -0.4 is 51.4 Å². The second-order valence-corrected chi connectivity index (χ2v) is 4.28. The van der Waals surface area contributed by atoms with E-state index in [-0.39, 0.29) is 51.4 Å². The summed E-state index contributed by atoms with van der Waals surface area (Å²) in [6.07, 6.45) is 1.69. The smallest absolute Gasteiger partial charge is 0.581 e. The molecule has 1 aromatic heterocycles. The van der Waals surface area contributed by atoms with E-state index in [9.17, 15) is 9.59 Å². The van der Waals surface area contributed by atoms with Gasteiger partial charge in [0.2, 0.25) is 0 Å². The van der Waals surface area contributed by atoms with Crippen molar-refractivity contribution in [2.45, 2.75) is 0 Å². The fraction of sp³-hybridized carbons (Fsp3) is 0. The summed E-state index contributed by atoms with van der Waals surface area (Å²) in [4.78, 5) is 23.1. The van der Waals surface area contributed by atoms with Gasteiger partial charge in [0.05, 0.1) is 5.91 Å². The molecule has 1 saturated heterocycles. The van der Waals surface area contributed by atoms with E-state index in [1.165, 1.54) is 11.3 Å². The molecule has 0 bridgehead atoms. The SMILES string of the molecule is O=C1[N-]C(=O)/C(=C\c2cccs2)S1.[K+]. The molecule has 1 aliphatic heterocycles. The van der Waals surface area contributed by atoms with Crippen molar-refractivity contribution in [3.63, 3.8) is 0 Å². The Labute approximate surface area is 132 Å². The molecule has 3 nitrogen and oxygen atoms in total. The van der Waals surface area contributed by atoms with E-state index in [2.05, 4.69) is 5.32 Å². The van der Waals surface area contributed by atoms with E-state index < -0.39 is 11.1 Å². The van der Waals surface area contributed by atoms with Gasteiger partial charge in [-0.25, -0.2) is 0 Å². The Bertz CT molecular complexity index is 386. The number of rotatable bonds is 1. The van der Waals surface area contributed by atoms with E-state index in [0.717, 1.165) is 16.6 Å². The van der Waals surface area contributed by atoms with Crippen LogP contribution in [0.1, 0.15) is 4.88 Å². The van der Waals surface area contributed by atoms with Gasteiger partial charge in [0.1, 0.15) is 5.24 Å². The van der Waals surface area contributed by atoms with E-state index in [0.29, 0.717) is 4.91 Å². The molecule has 1 fully saturated rings. The van der Waals surface area contributed by atoms with Crippen LogP contribution in [0.4, 0.5) is 4.79 Å². The van der Waals surface area contributed by atoms with Gasteiger partial charge in [-0.05, 0) is 17.5 Å². The van der Waals surface area contributed by atoms with Crippen molar-refractivity contribution >= 4 is 40.3 Å². The Hall–Kier alpha value is 0.566. The van der Waals surface area contributed by atoms with Gasteiger partial charge in [0, 0.05) is 9.78 Å². The van der Waals surface area contributed by atoms with Gasteiger partial charge in [-0.1, -0.05) is 17.8 Å². The third kappa shape index (κ3) is 3.03. The molecule has 6 heteroatoms. The third-order valence-corrected chi connectivity index (χ3v) is 3.02. The number of hydrogen-bond donors (Lipinski definition) is 0. The Morgan fingerprint density at radius 1 is 1.36 bits per heavy atom. The zero-order valence-corrected chi connectivity index (χ0v) is 12.1. The summed E-state index contributed by atoms with van der Waals surface area (Å²) in [6.45, 7) is 0. The summed E-state index contributed by atoms with van der Waals surface area (Å²) in [6, 6.07) is 3.77. The van der Waals surface area contributed by atoms with E-state index >= 15 is 0 Å². The van der Waals surface area contributed by atoms with Gasteiger partial charge < -0.3 is 14.9 Å². The molecule has 0 spiro atoms. The number of nitrogens with zero attached hydrogens (tertiary/aromatic N) is 1. The molecule has 2 rings (SSSR count). The zero-order chi connectivity index (χ0) is 9.26. The minimum absolute atomic E-state index is 0. The van der Waals surface area contributed by atoms with Crippen LogP contribution in [0.2, 0.25) is 0 Å². The predicted molar refractivity (Wildman–Crippen MR) is 53.6 cm³/mol. The summed E-state index contributed by atoms with van der Waals surface area (Å²) in [5, 5.41) is 4.76. The number of hydrogen-bond acceptors (Lipinski definition) is 4. The van der Waals surface area contributed by atoms with Crippen molar-refractivity contribution in [1.29, 1.82) is 0 Å². The first kappa shape index (κ1) is 12.6. The molecule has 1 aromatic rings. The first-order valence-corrected chi connectivity index (χ1v) is 5.18. The first-order valence-electron chi connectivity index (χ1n) is 3.49. The minimum Gasteiger partial charge on any atom is -0.581 e. The standard InChI is InChI=1S/C8H5NO2S2.K/c10-7-6(13-8(11)9-7)4-5-2-1-3-12-5;/h1-4H,(H,9,10,11);/q;+1/p-1/b6-4+;. The van der Waals surface area contributed by atoms with Crippen molar-refractivity contribution in [3.05, 3.63) is 32.6 Å². The van der Waals surface area contributed by atoms with Crippen LogP contribution in [0.25, 0.3) is 11.4 Å². The van der Waals surface area contributed by atoms with Crippen LogP contribution in [0.3, 0.4) is 0 Å². The average Bonchev–Trinajstić information content (AvgIpc) is 2.63. The topological polar surface area (TPSA) is 48.2 Å². The Morgan fingerprint density at radius 2 is 2.14 bits per heavy atom. The number of amides is 2. The zero-order valence-electron chi connectivity index (χ0n) is 7.39. The Kier molecular flexibility index (Phi) is 5.05. The van der Waals surface area contributed by atoms with Crippen LogP contribution in [0.15, 0.2) is 22.4 Å². The summed E-state index contributed by atoms with van der Waals surface area (Å²) >= 11 is 2.40. The van der Waals surface area contributed by atoms with Crippen molar-refractivity contribution in [2.24, 2.45) is 0 Å². The maximum absolute atomic E-state index is 11.0. The fourth-order valence-corrected chi connectivity index (χ4v) is 2.26. The molecule has 0 unspecified atom stereocenters. The number of carbonyl (C=O) groups is 2. The summed E-state index contributed by atoms with van der Waals surface area (Å²) < 4.78 is 0. The van der Waals surface area contributed by atoms with E-state index in [4.69, 9.17) is 0 Å². The summed E-state index contributed by atoms with van der Waals surface area (Å²) in [5.41, 5.74) is 0. The summed E-state index contributed by atoms with van der Waals surface area (Å²) in [7, 11) is 0. The third-order valence-electron chi connectivity index (χ3n) is 1.42. The normalized spacial score (nSPS) is 18.1. The number of thioether (sulfide) groups is 1. The molecular formula is C8H4KNO2S2. The predicted octanol–water partition coefficient (Wildman–Crippen LogP) is -0.140. The molecular weight excluding hydrogens is 245 g/mol. The summed E-state index contributed by atoms with van der Waals surface area (Å²) in [5.74, 6) is -0.427. The molecule has 14 heavy (non-hydrogen) atoms. The second-order valence-electron chi connectivity index (χ2n) is 2.31. The molecule has 0 aliphatic carbocycles. The van der Waals surface area contributed by atoms with Crippen LogP contribution in [0.5, 0.6) is 0 Å². The molecule has 0 saturated carbocycles. The molecule has 2 amide bonds. The van der Waals surface area contributed by atoms with Gasteiger partial charge in [0.15, 0.2) is 0 Å². The van der Waals surface area contributed by atoms with Gasteiger partial charge in [-0.2, -0.15) is 0 Å². The molecule has 0 atom stereocenters. The number of imide groups is 1. The van der Waals surface area contributed by atoms with Crippen molar-refractivity contribution in [2.75, 3.05) is 0 Å². The van der Waals surface area contributed by atoms with Gasteiger partial charge in [-0.15, -0.1) is 11.3 Å². The molecule has 1 aliphatic rings. The van der Waals surface area contributed by atoms with Crippen molar-refractivity contribution in [1.82, 2.24) is 0 Å². The van der Waals surface area contributed by atoms with Gasteiger partial charge >= 0.3 is 51.4 Å². The Morgan fingerprint density at radius 3 is 2.64 bits per heavy atom. The van der Waals surface area contributed by atoms with Crippen LogP contribution >= 0.6 is 23.1 Å². The maximum atomic E-state index is 11.0. The van der Waals surface area contributed by atoms with Gasteiger partial charge in [0.25, 0.3) is 0 Å². The van der Waals surface area contributed by atoms with E-state index in [1.54, 1.807) is 6.08 Å². The quantitative estimate of drug-likeness (QED) is 0.514. The van der Waals surface area contributed by atoms with Crippen molar-refractivity contribution in [3.8, 4) is 0 Å². The monoisotopic (exact) mass is 249 g/mol. The largest absolute Gasteiger partial charge is 1.00 e. The number of carbonyl (C=O) groups excluding carboxylic acids is 2. The first-order chi connectivity index (χ1) is 6.25. The fourth-order valence-electron chi connectivity index (χ4n) is 0.892. The van der Waals surface area contributed by atoms with E-state index in [1.807, 2.05) is 17.5 Å². The molecule has 0 N–H and O–H groups in total. The molecule has 2 heterocycles. The van der Waals surface area contributed by atoms with Crippen LogP contribution in [-0.2, 0) is 4.79 Å². The van der Waals surface area contributed by atoms with Crippen LogP contribution in [0, 0.1) is 0 Å². The number of thiophene rings is 1. The Balaban J connectivity index is 0.000000980. The molecule has 0 radical (unpaired) electrons. The minimum atomic E-state index is -0.427.